The zero-order valence-electron chi connectivity index (χ0n) is 12.5. The predicted molar refractivity (Wildman–Crippen MR) is 74.6 cm³/mol. The van der Waals surface area contributed by atoms with E-state index in [2.05, 4.69) is 34.6 Å². The molecule has 0 radical (unpaired) electrons. The average Bonchev–Trinajstić information content (AvgIpc) is 2.70. The van der Waals surface area contributed by atoms with E-state index in [1.54, 1.807) is 6.33 Å². The van der Waals surface area contributed by atoms with Crippen molar-refractivity contribution in [2.75, 3.05) is 6.54 Å². The highest BCUT2D eigenvalue weighted by atomic mass is 16.1. The summed E-state index contributed by atoms with van der Waals surface area (Å²) in [6, 6.07) is 0.295. The first-order chi connectivity index (χ1) is 8.79. The summed E-state index contributed by atoms with van der Waals surface area (Å²) in [7, 11) is 0. The van der Waals surface area contributed by atoms with Gasteiger partial charge in [0.1, 0.15) is 12.2 Å². The van der Waals surface area contributed by atoms with Crippen LogP contribution in [-0.4, -0.2) is 32.8 Å². The Morgan fingerprint density at radius 3 is 2.68 bits per heavy atom. The van der Waals surface area contributed by atoms with Gasteiger partial charge in [-0.3, -0.25) is 4.79 Å². The quantitative estimate of drug-likeness (QED) is 0.761. The maximum Gasteiger partial charge on any atom is 0.221 e. The van der Waals surface area contributed by atoms with Gasteiger partial charge < -0.3 is 10.6 Å². The summed E-state index contributed by atoms with van der Waals surface area (Å²) in [5.41, 5.74) is -0.172. The van der Waals surface area contributed by atoms with E-state index in [1.807, 2.05) is 25.5 Å². The third kappa shape index (κ3) is 5.83. The minimum absolute atomic E-state index is 0.0605. The van der Waals surface area contributed by atoms with E-state index in [0.717, 1.165) is 5.82 Å². The standard InChI is InChI=1S/C13H25N5O/c1-10(2)18-11(15-9-16-18)8-14-7-6-12(19)17-13(3,4)5/h9-10,14H,6-8H2,1-5H3,(H,17,19). The van der Waals surface area contributed by atoms with Gasteiger partial charge in [-0.25, -0.2) is 9.67 Å². The normalized spacial score (nSPS) is 11.9. The Hall–Kier alpha value is -1.43. The topological polar surface area (TPSA) is 71.8 Å². The van der Waals surface area contributed by atoms with Gasteiger partial charge >= 0.3 is 0 Å². The molecule has 0 bridgehead atoms. The predicted octanol–water partition coefficient (Wildman–Crippen LogP) is 1.25. The third-order valence-electron chi connectivity index (χ3n) is 2.46. The lowest BCUT2D eigenvalue weighted by Crippen LogP contribution is -2.41. The monoisotopic (exact) mass is 267 g/mol. The van der Waals surface area contributed by atoms with Gasteiger partial charge in [-0.15, -0.1) is 0 Å². The summed E-state index contributed by atoms with van der Waals surface area (Å²) in [4.78, 5) is 15.8. The molecule has 108 valence electrons. The van der Waals surface area contributed by atoms with Gasteiger partial charge in [0.25, 0.3) is 0 Å². The summed E-state index contributed by atoms with van der Waals surface area (Å²) < 4.78 is 1.88. The summed E-state index contributed by atoms with van der Waals surface area (Å²) in [6.45, 7) is 11.3. The number of amides is 1. The van der Waals surface area contributed by atoms with E-state index in [0.29, 0.717) is 25.6 Å². The van der Waals surface area contributed by atoms with Gasteiger partial charge in [-0.05, 0) is 34.6 Å². The van der Waals surface area contributed by atoms with E-state index in [1.165, 1.54) is 0 Å². The lowest BCUT2D eigenvalue weighted by atomic mass is 10.1. The molecule has 0 saturated carbocycles. The molecule has 2 N–H and O–H groups in total. The minimum atomic E-state index is -0.172. The molecule has 19 heavy (non-hydrogen) atoms. The van der Waals surface area contributed by atoms with E-state index >= 15 is 0 Å². The van der Waals surface area contributed by atoms with Crippen molar-refractivity contribution >= 4 is 5.91 Å². The second-order valence-corrected chi connectivity index (χ2v) is 5.94. The van der Waals surface area contributed by atoms with Gasteiger partial charge in [-0.2, -0.15) is 5.10 Å². The highest BCUT2D eigenvalue weighted by Gasteiger charge is 2.13. The highest BCUT2D eigenvalue weighted by Crippen LogP contribution is 2.04. The molecule has 1 heterocycles. The van der Waals surface area contributed by atoms with Crippen molar-refractivity contribution in [2.45, 2.75) is 59.2 Å². The van der Waals surface area contributed by atoms with Crippen LogP contribution in [0.25, 0.3) is 0 Å². The van der Waals surface area contributed by atoms with Crippen LogP contribution in [0.5, 0.6) is 0 Å². The lowest BCUT2D eigenvalue weighted by molar-refractivity contribution is -0.122. The van der Waals surface area contributed by atoms with Crippen molar-refractivity contribution in [3.8, 4) is 0 Å². The van der Waals surface area contributed by atoms with Crippen LogP contribution in [0, 0.1) is 0 Å². The van der Waals surface area contributed by atoms with E-state index in [9.17, 15) is 4.79 Å². The molecule has 1 aromatic rings. The van der Waals surface area contributed by atoms with Crippen molar-refractivity contribution in [3.63, 3.8) is 0 Å². The molecule has 0 aliphatic carbocycles. The zero-order chi connectivity index (χ0) is 14.5. The van der Waals surface area contributed by atoms with Gasteiger partial charge in [0, 0.05) is 24.5 Å². The minimum Gasteiger partial charge on any atom is -0.351 e. The van der Waals surface area contributed by atoms with Gasteiger partial charge in [0.15, 0.2) is 0 Å². The van der Waals surface area contributed by atoms with Crippen LogP contribution in [0.2, 0.25) is 0 Å². The first-order valence-corrected chi connectivity index (χ1v) is 6.69. The van der Waals surface area contributed by atoms with Crippen LogP contribution in [0.4, 0.5) is 0 Å². The third-order valence-corrected chi connectivity index (χ3v) is 2.46. The van der Waals surface area contributed by atoms with Gasteiger partial charge in [0.2, 0.25) is 5.91 Å². The fourth-order valence-corrected chi connectivity index (χ4v) is 1.71. The van der Waals surface area contributed by atoms with Crippen LogP contribution in [-0.2, 0) is 11.3 Å². The number of hydrogen-bond acceptors (Lipinski definition) is 4. The number of aromatic nitrogens is 3. The second-order valence-electron chi connectivity index (χ2n) is 5.94. The summed E-state index contributed by atoms with van der Waals surface area (Å²) in [5.74, 6) is 0.955. The molecule has 0 atom stereocenters. The molecule has 6 nitrogen and oxygen atoms in total. The first kappa shape index (κ1) is 15.6. The van der Waals surface area contributed by atoms with E-state index in [4.69, 9.17) is 0 Å². The Balaban J connectivity index is 2.28. The summed E-state index contributed by atoms with van der Waals surface area (Å²) >= 11 is 0. The molecular formula is C13H25N5O. The average molecular weight is 267 g/mol. The molecule has 0 unspecified atom stereocenters. The van der Waals surface area contributed by atoms with Crippen LogP contribution >= 0.6 is 0 Å². The maximum absolute atomic E-state index is 11.6. The second kappa shape index (κ2) is 6.65. The van der Waals surface area contributed by atoms with Gasteiger partial charge in [0.05, 0.1) is 6.54 Å². The number of nitrogens with one attached hydrogen (secondary N) is 2. The Morgan fingerprint density at radius 1 is 1.42 bits per heavy atom. The van der Waals surface area contributed by atoms with Crippen LogP contribution in [0.1, 0.15) is 52.9 Å². The van der Waals surface area contributed by atoms with E-state index < -0.39 is 0 Å². The highest BCUT2D eigenvalue weighted by molar-refractivity contribution is 5.76. The van der Waals surface area contributed by atoms with Crippen molar-refractivity contribution in [1.82, 2.24) is 25.4 Å². The molecule has 0 fully saturated rings. The van der Waals surface area contributed by atoms with Crippen LogP contribution < -0.4 is 10.6 Å². The summed E-state index contributed by atoms with van der Waals surface area (Å²) in [6.07, 6.45) is 2.02. The van der Waals surface area contributed by atoms with E-state index in [-0.39, 0.29) is 11.4 Å². The number of carbonyl (C=O) groups excluding carboxylic acids is 1. The molecule has 1 aromatic heterocycles. The fourth-order valence-electron chi connectivity index (χ4n) is 1.71. The molecule has 0 saturated heterocycles. The number of rotatable bonds is 6. The van der Waals surface area contributed by atoms with Crippen molar-refractivity contribution in [3.05, 3.63) is 12.2 Å². The van der Waals surface area contributed by atoms with Crippen LogP contribution in [0.15, 0.2) is 6.33 Å². The molecule has 6 heteroatoms. The molecule has 0 aromatic carbocycles. The molecule has 1 amide bonds. The van der Waals surface area contributed by atoms with Crippen molar-refractivity contribution < 1.29 is 4.79 Å². The SMILES string of the molecule is CC(C)n1ncnc1CNCCC(=O)NC(C)(C)C. The Bertz CT molecular complexity index is 405. The first-order valence-electron chi connectivity index (χ1n) is 6.69. The smallest absolute Gasteiger partial charge is 0.221 e. The molecule has 0 spiro atoms. The lowest BCUT2D eigenvalue weighted by Gasteiger charge is -2.20. The number of carbonyl (C=O) groups is 1. The Labute approximate surface area is 115 Å². The maximum atomic E-state index is 11.6. The molecule has 0 aliphatic rings. The van der Waals surface area contributed by atoms with Crippen molar-refractivity contribution in [1.29, 1.82) is 0 Å². The molecule has 0 aliphatic heterocycles. The zero-order valence-corrected chi connectivity index (χ0v) is 12.5. The Kier molecular flexibility index (Phi) is 5.47. The number of nitrogens with zero attached hydrogens (tertiary/aromatic N) is 3. The van der Waals surface area contributed by atoms with Gasteiger partial charge in [-0.1, -0.05) is 0 Å². The number of hydrogen-bond donors (Lipinski definition) is 2. The Morgan fingerprint density at radius 2 is 2.11 bits per heavy atom. The van der Waals surface area contributed by atoms with Crippen LogP contribution in [0.3, 0.4) is 0 Å². The molecular weight excluding hydrogens is 242 g/mol. The fraction of sp³-hybridized carbons (Fsp3) is 0.769. The largest absolute Gasteiger partial charge is 0.351 e. The molecule has 1 rings (SSSR count). The van der Waals surface area contributed by atoms with Crippen molar-refractivity contribution in [2.24, 2.45) is 0 Å². The summed E-state index contributed by atoms with van der Waals surface area (Å²) in [5, 5.41) is 10.3.